The molecule has 5 aromatic rings. The van der Waals surface area contributed by atoms with E-state index in [1.165, 1.54) is 55.7 Å². The summed E-state index contributed by atoms with van der Waals surface area (Å²) < 4.78 is 2.38. The van der Waals surface area contributed by atoms with Gasteiger partial charge < -0.3 is 9.47 Å². The normalized spacial score (nSPS) is 13.4. The largest absolute Gasteiger partial charge is 0.311 e. The molecule has 0 amide bonds. The molecule has 1 aromatic heterocycles. The maximum atomic E-state index is 2.38. The van der Waals surface area contributed by atoms with Crippen LogP contribution in [0.5, 0.6) is 0 Å². The molecule has 1 heterocycles. The molecule has 4 aromatic carbocycles. The molecule has 34 heavy (non-hydrogen) atoms. The number of benzene rings is 4. The zero-order valence-electron chi connectivity index (χ0n) is 19.7. The van der Waals surface area contributed by atoms with Gasteiger partial charge in [0.05, 0.1) is 11.0 Å². The highest BCUT2D eigenvalue weighted by molar-refractivity contribution is 6.09. The van der Waals surface area contributed by atoms with E-state index >= 15 is 0 Å². The van der Waals surface area contributed by atoms with E-state index in [0.29, 0.717) is 0 Å². The molecule has 0 fully saturated rings. The Morgan fingerprint density at radius 3 is 2.06 bits per heavy atom. The average molecular weight is 441 g/mol. The number of aromatic nitrogens is 1. The topological polar surface area (TPSA) is 8.17 Å². The summed E-state index contributed by atoms with van der Waals surface area (Å²) in [5.74, 6) is 0. The number of allylic oxidation sites excluding steroid dienone is 3. The summed E-state index contributed by atoms with van der Waals surface area (Å²) in [7, 11) is 0. The molecular weight excluding hydrogens is 412 g/mol. The molecule has 166 valence electrons. The van der Waals surface area contributed by atoms with E-state index in [2.05, 4.69) is 133 Å². The number of hydrogen-bond acceptors (Lipinski definition) is 1. The van der Waals surface area contributed by atoms with Gasteiger partial charge in [0.25, 0.3) is 0 Å². The lowest BCUT2D eigenvalue weighted by Crippen LogP contribution is -2.16. The molecular formula is C32H28N2. The van der Waals surface area contributed by atoms with Gasteiger partial charge in [-0.3, -0.25) is 0 Å². The highest BCUT2D eigenvalue weighted by atomic mass is 15.1. The van der Waals surface area contributed by atoms with Crippen LogP contribution in [0.25, 0.3) is 27.5 Å². The Bertz CT molecular complexity index is 1550. The van der Waals surface area contributed by atoms with Crippen molar-refractivity contribution in [3.8, 4) is 5.69 Å². The standard InChI is InChI=1S/C32H28N2/c1-23-12-15-26(16-13-23)33(25-8-4-3-5-9-25)27-17-19-28(20-18-27)34-31-11-7-6-10-29(31)30-22-24(2)14-21-32(30)34/h4,6-22H,3,5H2,1-2H3. The molecule has 0 unspecified atom stereocenters. The summed E-state index contributed by atoms with van der Waals surface area (Å²) in [5.41, 5.74) is 9.80. The lowest BCUT2D eigenvalue weighted by Gasteiger charge is -2.28. The van der Waals surface area contributed by atoms with E-state index in [9.17, 15) is 0 Å². The summed E-state index contributed by atoms with van der Waals surface area (Å²) in [6, 6.07) is 33.2. The molecule has 0 N–H and O–H groups in total. The molecule has 0 atom stereocenters. The first kappa shape index (κ1) is 20.6. The molecule has 1 aliphatic carbocycles. The molecule has 0 saturated heterocycles. The molecule has 0 bridgehead atoms. The van der Waals surface area contributed by atoms with Crippen molar-refractivity contribution in [1.29, 1.82) is 0 Å². The Balaban J connectivity index is 1.48. The van der Waals surface area contributed by atoms with Gasteiger partial charge in [0.2, 0.25) is 0 Å². The third kappa shape index (κ3) is 3.52. The van der Waals surface area contributed by atoms with Crippen molar-refractivity contribution in [2.24, 2.45) is 0 Å². The van der Waals surface area contributed by atoms with Gasteiger partial charge >= 0.3 is 0 Å². The lowest BCUT2D eigenvalue weighted by atomic mass is 10.1. The van der Waals surface area contributed by atoms with Crippen LogP contribution in [-0.4, -0.2) is 4.57 Å². The van der Waals surface area contributed by atoms with Crippen LogP contribution in [0.4, 0.5) is 11.4 Å². The van der Waals surface area contributed by atoms with Gasteiger partial charge in [-0.15, -0.1) is 0 Å². The summed E-state index contributed by atoms with van der Waals surface area (Å²) >= 11 is 0. The third-order valence-corrected chi connectivity index (χ3v) is 6.72. The van der Waals surface area contributed by atoms with E-state index in [-0.39, 0.29) is 0 Å². The Labute approximate surface area is 201 Å². The molecule has 0 aliphatic heterocycles. The number of anilines is 2. The van der Waals surface area contributed by atoms with Crippen molar-refractivity contribution < 1.29 is 0 Å². The minimum atomic E-state index is 1.08. The fourth-order valence-electron chi connectivity index (χ4n) is 5.02. The van der Waals surface area contributed by atoms with Crippen molar-refractivity contribution in [2.75, 3.05) is 4.90 Å². The number of aryl methyl sites for hydroxylation is 2. The first-order chi connectivity index (χ1) is 16.7. The maximum absolute atomic E-state index is 2.38. The van der Waals surface area contributed by atoms with Gasteiger partial charge in [-0.2, -0.15) is 0 Å². The summed E-state index contributed by atoms with van der Waals surface area (Å²) in [5, 5.41) is 2.60. The Morgan fingerprint density at radius 2 is 1.32 bits per heavy atom. The monoisotopic (exact) mass is 440 g/mol. The summed E-state index contributed by atoms with van der Waals surface area (Å²) in [6.45, 7) is 4.30. The highest BCUT2D eigenvalue weighted by Crippen LogP contribution is 2.35. The molecule has 6 rings (SSSR count). The Kier molecular flexibility index (Phi) is 5.07. The maximum Gasteiger partial charge on any atom is 0.0541 e. The summed E-state index contributed by atoms with van der Waals surface area (Å²) in [6.07, 6.45) is 9.03. The SMILES string of the molecule is Cc1ccc(N(C2=CCCC=C2)c2ccc(-n3c4ccccc4c4cc(C)ccc43)cc2)cc1. The van der Waals surface area contributed by atoms with Crippen LogP contribution in [0.15, 0.2) is 115 Å². The number of hydrogen-bond donors (Lipinski definition) is 0. The van der Waals surface area contributed by atoms with E-state index in [1.54, 1.807) is 0 Å². The second-order valence-corrected chi connectivity index (χ2v) is 9.17. The van der Waals surface area contributed by atoms with E-state index in [0.717, 1.165) is 12.8 Å². The number of fused-ring (bicyclic) bond motifs is 3. The fourth-order valence-corrected chi connectivity index (χ4v) is 5.02. The van der Waals surface area contributed by atoms with Gasteiger partial charge in [0.1, 0.15) is 0 Å². The fraction of sp³-hybridized carbons (Fsp3) is 0.125. The molecule has 2 nitrogen and oxygen atoms in total. The molecule has 1 aliphatic rings. The molecule has 0 saturated carbocycles. The molecule has 0 radical (unpaired) electrons. The lowest BCUT2D eigenvalue weighted by molar-refractivity contribution is 0.997. The van der Waals surface area contributed by atoms with Crippen LogP contribution < -0.4 is 4.90 Å². The second-order valence-electron chi connectivity index (χ2n) is 9.17. The van der Waals surface area contributed by atoms with Gasteiger partial charge in [-0.1, -0.05) is 59.7 Å². The van der Waals surface area contributed by atoms with Gasteiger partial charge in [0.15, 0.2) is 0 Å². The van der Waals surface area contributed by atoms with Gasteiger partial charge in [0, 0.05) is 33.5 Å². The minimum absolute atomic E-state index is 1.08. The minimum Gasteiger partial charge on any atom is -0.311 e. The second kappa shape index (κ2) is 8.39. The number of para-hydroxylation sites is 1. The van der Waals surface area contributed by atoms with Crippen molar-refractivity contribution in [1.82, 2.24) is 4.57 Å². The smallest absolute Gasteiger partial charge is 0.0541 e. The zero-order valence-corrected chi connectivity index (χ0v) is 19.7. The first-order valence-corrected chi connectivity index (χ1v) is 12.0. The van der Waals surface area contributed by atoms with Crippen molar-refractivity contribution in [3.05, 3.63) is 126 Å². The van der Waals surface area contributed by atoms with Gasteiger partial charge in [-0.25, -0.2) is 0 Å². The van der Waals surface area contributed by atoms with E-state index in [4.69, 9.17) is 0 Å². The first-order valence-electron chi connectivity index (χ1n) is 12.0. The predicted molar refractivity (Wildman–Crippen MR) is 145 cm³/mol. The van der Waals surface area contributed by atoms with Crippen LogP contribution in [0.1, 0.15) is 24.0 Å². The molecule has 2 heteroatoms. The van der Waals surface area contributed by atoms with Crippen LogP contribution in [0.3, 0.4) is 0 Å². The summed E-state index contributed by atoms with van der Waals surface area (Å²) in [4.78, 5) is 2.36. The van der Waals surface area contributed by atoms with Crippen LogP contribution >= 0.6 is 0 Å². The van der Waals surface area contributed by atoms with E-state index in [1.807, 2.05) is 0 Å². The van der Waals surface area contributed by atoms with Crippen LogP contribution in [0.2, 0.25) is 0 Å². The average Bonchev–Trinajstić information content (AvgIpc) is 3.20. The van der Waals surface area contributed by atoms with Crippen molar-refractivity contribution in [3.63, 3.8) is 0 Å². The number of rotatable bonds is 4. The van der Waals surface area contributed by atoms with Crippen LogP contribution in [0, 0.1) is 13.8 Å². The van der Waals surface area contributed by atoms with Gasteiger partial charge in [-0.05, 0) is 87.4 Å². The van der Waals surface area contributed by atoms with Crippen LogP contribution in [-0.2, 0) is 0 Å². The number of nitrogens with zero attached hydrogens (tertiary/aromatic N) is 2. The van der Waals surface area contributed by atoms with Crippen molar-refractivity contribution >= 4 is 33.2 Å². The Morgan fingerprint density at radius 1 is 0.647 bits per heavy atom. The van der Waals surface area contributed by atoms with E-state index < -0.39 is 0 Å². The highest BCUT2D eigenvalue weighted by Gasteiger charge is 2.16. The quantitative estimate of drug-likeness (QED) is 0.271. The Hall–Kier alpha value is -4.04. The molecule has 0 spiro atoms. The third-order valence-electron chi connectivity index (χ3n) is 6.72. The zero-order chi connectivity index (χ0) is 23.1. The van der Waals surface area contributed by atoms with Crippen molar-refractivity contribution in [2.45, 2.75) is 26.7 Å². The predicted octanol–water partition coefficient (Wildman–Crippen LogP) is 8.77.